The topological polar surface area (TPSA) is 102 Å². The molecule has 0 saturated heterocycles. The molecule has 0 saturated carbocycles. The summed E-state index contributed by atoms with van der Waals surface area (Å²) in [7, 11) is 0. The van der Waals surface area contributed by atoms with Crippen LogP contribution < -0.4 is 10.1 Å². The Morgan fingerprint density at radius 2 is 1.96 bits per heavy atom. The number of carbonyl (C=O) groups is 1. The number of amides is 1. The van der Waals surface area contributed by atoms with Crippen LogP contribution in [0.2, 0.25) is 0 Å². The minimum Gasteiger partial charge on any atom is -0.506 e. The maximum absolute atomic E-state index is 11.8. The van der Waals surface area contributed by atoms with E-state index in [2.05, 4.69) is 5.32 Å². The van der Waals surface area contributed by atoms with Crippen LogP contribution in [0.15, 0.2) is 48.5 Å². The highest BCUT2D eigenvalue weighted by Gasteiger charge is 2.12. The fourth-order valence-corrected chi connectivity index (χ4v) is 1.89. The molecule has 0 spiro atoms. The summed E-state index contributed by atoms with van der Waals surface area (Å²) in [5.74, 6) is 0.159. The summed E-state index contributed by atoms with van der Waals surface area (Å²) >= 11 is 0. The number of hydrogen-bond donors (Lipinski definition) is 2. The number of nitro benzene ring substituents is 1. The second-order valence-corrected chi connectivity index (χ2v) is 4.77. The van der Waals surface area contributed by atoms with Crippen molar-refractivity contribution < 1.29 is 19.6 Å². The first-order valence-corrected chi connectivity index (χ1v) is 7.01. The number of non-ortho nitro benzene ring substituents is 1. The zero-order valence-electron chi connectivity index (χ0n) is 12.3. The van der Waals surface area contributed by atoms with Gasteiger partial charge in [0.2, 0.25) is 5.91 Å². The van der Waals surface area contributed by atoms with Crippen molar-refractivity contribution in [3.63, 3.8) is 0 Å². The largest absolute Gasteiger partial charge is 0.506 e. The predicted molar refractivity (Wildman–Crippen MR) is 84.6 cm³/mol. The van der Waals surface area contributed by atoms with Gasteiger partial charge in [-0.25, -0.2) is 0 Å². The number of nitrogens with zero attached hydrogens (tertiary/aromatic N) is 1. The molecule has 7 heteroatoms. The molecule has 120 valence electrons. The van der Waals surface area contributed by atoms with Gasteiger partial charge in [0.25, 0.3) is 5.69 Å². The van der Waals surface area contributed by atoms with Crippen molar-refractivity contribution in [2.75, 3.05) is 11.9 Å². The van der Waals surface area contributed by atoms with Crippen molar-refractivity contribution in [2.24, 2.45) is 0 Å². The van der Waals surface area contributed by atoms with Gasteiger partial charge in [-0.2, -0.15) is 0 Å². The third kappa shape index (κ3) is 4.99. The van der Waals surface area contributed by atoms with E-state index < -0.39 is 4.92 Å². The molecular formula is C16H16N2O5. The molecule has 2 N–H and O–H groups in total. The first kappa shape index (κ1) is 16.3. The number of para-hydroxylation sites is 1. The number of nitrogens with one attached hydrogen (secondary N) is 1. The standard InChI is InChI=1S/C16H16N2O5/c19-15-9-8-12(18(21)22)11-14(15)17-16(20)7-4-10-23-13-5-2-1-3-6-13/h1-3,5-6,8-9,11,19H,4,7,10H2,(H,17,20). The van der Waals surface area contributed by atoms with Crippen LogP contribution in [-0.4, -0.2) is 22.5 Å². The Labute approximate surface area is 132 Å². The summed E-state index contributed by atoms with van der Waals surface area (Å²) in [6.07, 6.45) is 0.658. The fraction of sp³-hybridized carbons (Fsp3) is 0.188. The first-order valence-electron chi connectivity index (χ1n) is 7.01. The lowest BCUT2D eigenvalue weighted by Crippen LogP contribution is -2.13. The molecule has 0 aliphatic heterocycles. The Hall–Kier alpha value is -3.09. The molecule has 1 amide bonds. The third-order valence-corrected chi connectivity index (χ3v) is 3.03. The van der Waals surface area contributed by atoms with Crippen LogP contribution in [0.3, 0.4) is 0 Å². The van der Waals surface area contributed by atoms with Crippen LogP contribution in [-0.2, 0) is 4.79 Å². The SMILES string of the molecule is O=C(CCCOc1ccccc1)Nc1cc([N+](=O)[O-])ccc1O. The molecule has 0 bridgehead atoms. The van der Waals surface area contributed by atoms with Crippen molar-refractivity contribution in [1.82, 2.24) is 0 Å². The van der Waals surface area contributed by atoms with Crippen LogP contribution in [0.25, 0.3) is 0 Å². The number of phenolic OH excluding ortho intramolecular Hbond substituents is 1. The maximum atomic E-state index is 11.8. The number of phenols is 1. The van der Waals surface area contributed by atoms with E-state index in [1.807, 2.05) is 30.3 Å². The van der Waals surface area contributed by atoms with Crippen LogP contribution >= 0.6 is 0 Å². The molecule has 0 aliphatic carbocycles. The van der Waals surface area contributed by atoms with E-state index >= 15 is 0 Å². The van der Waals surface area contributed by atoms with Crippen LogP contribution in [0, 0.1) is 10.1 Å². The Morgan fingerprint density at radius 1 is 1.22 bits per heavy atom. The van der Waals surface area contributed by atoms with Crippen LogP contribution in [0.1, 0.15) is 12.8 Å². The molecule has 7 nitrogen and oxygen atoms in total. The molecular weight excluding hydrogens is 300 g/mol. The van der Waals surface area contributed by atoms with E-state index in [0.29, 0.717) is 13.0 Å². The quantitative estimate of drug-likeness (QED) is 0.354. The zero-order chi connectivity index (χ0) is 16.7. The van der Waals surface area contributed by atoms with Crippen molar-refractivity contribution in [1.29, 1.82) is 0 Å². The van der Waals surface area contributed by atoms with Gasteiger partial charge in [-0.05, 0) is 24.6 Å². The van der Waals surface area contributed by atoms with Gasteiger partial charge in [0.05, 0.1) is 17.2 Å². The fourth-order valence-electron chi connectivity index (χ4n) is 1.89. The lowest BCUT2D eigenvalue weighted by atomic mass is 10.2. The highest BCUT2D eigenvalue weighted by atomic mass is 16.6. The zero-order valence-corrected chi connectivity index (χ0v) is 12.3. The lowest BCUT2D eigenvalue weighted by Gasteiger charge is -2.08. The van der Waals surface area contributed by atoms with Gasteiger partial charge < -0.3 is 15.2 Å². The van der Waals surface area contributed by atoms with E-state index in [1.54, 1.807) is 0 Å². The van der Waals surface area contributed by atoms with E-state index in [1.165, 1.54) is 12.1 Å². The van der Waals surface area contributed by atoms with Gasteiger partial charge in [-0.3, -0.25) is 14.9 Å². The van der Waals surface area contributed by atoms with Crippen LogP contribution in [0.4, 0.5) is 11.4 Å². The average Bonchev–Trinajstić information content (AvgIpc) is 2.54. The van der Waals surface area contributed by atoms with Gasteiger partial charge >= 0.3 is 0 Å². The number of hydrogen-bond acceptors (Lipinski definition) is 5. The Balaban J connectivity index is 1.81. The second kappa shape index (κ2) is 7.79. The van der Waals surface area contributed by atoms with Gasteiger partial charge in [0.15, 0.2) is 0 Å². The lowest BCUT2D eigenvalue weighted by molar-refractivity contribution is -0.384. The number of rotatable bonds is 7. The molecule has 0 unspecified atom stereocenters. The predicted octanol–water partition coefficient (Wildman–Crippen LogP) is 3.10. The second-order valence-electron chi connectivity index (χ2n) is 4.77. The number of carbonyl (C=O) groups excluding carboxylic acids is 1. The summed E-state index contributed by atoms with van der Waals surface area (Å²) in [6.45, 7) is 0.373. The Morgan fingerprint density at radius 3 is 2.65 bits per heavy atom. The molecule has 2 aromatic carbocycles. The normalized spacial score (nSPS) is 10.1. The number of nitro groups is 1. The molecule has 0 aromatic heterocycles. The monoisotopic (exact) mass is 316 g/mol. The smallest absolute Gasteiger partial charge is 0.271 e. The van der Waals surface area contributed by atoms with Gasteiger partial charge in [-0.1, -0.05) is 18.2 Å². The van der Waals surface area contributed by atoms with Crippen molar-refractivity contribution in [2.45, 2.75) is 12.8 Å². The average molecular weight is 316 g/mol. The minimum absolute atomic E-state index is 0.0215. The molecule has 2 aromatic rings. The van der Waals surface area contributed by atoms with E-state index in [9.17, 15) is 20.0 Å². The molecule has 23 heavy (non-hydrogen) atoms. The highest BCUT2D eigenvalue weighted by molar-refractivity contribution is 5.92. The van der Waals surface area contributed by atoms with Crippen LogP contribution in [0.5, 0.6) is 11.5 Å². The van der Waals surface area contributed by atoms with E-state index in [0.717, 1.165) is 11.8 Å². The summed E-state index contributed by atoms with van der Waals surface area (Å²) in [5, 5.41) is 22.8. The van der Waals surface area contributed by atoms with Crippen molar-refractivity contribution in [3.05, 3.63) is 58.6 Å². The van der Waals surface area contributed by atoms with Gasteiger partial charge in [-0.15, -0.1) is 0 Å². The summed E-state index contributed by atoms with van der Waals surface area (Å²) in [6, 6.07) is 12.7. The number of benzene rings is 2. The highest BCUT2D eigenvalue weighted by Crippen LogP contribution is 2.27. The Kier molecular flexibility index (Phi) is 5.51. The minimum atomic E-state index is -0.594. The number of ether oxygens (including phenoxy) is 1. The molecule has 0 aliphatic rings. The number of anilines is 1. The van der Waals surface area contributed by atoms with Crippen molar-refractivity contribution in [3.8, 4) is 11.5 Å². The molecule has 0 atom stereocenters. The summed E-state index contributed by atoms with van der Waals surface area (Å²) in [5.41, 5.74) is -0.182. The summed E-state index contributed by atoms with van der Waals surface area (Å²) < 4.78 is 5.46. The van der Waals surface area contributed by atoms with E-state index in [-0.39, 0.29) is 29.5 Å². The first-order chi connectivity index (χ1) is 11.1. The Bertz CT molecular complexity index is 688. The van der Waals surface area contributed by atoms with Gasteiger partial charge in [0.1, 0.15) is 11.5 Å². The molecule has 0 heterocycles. The maximum Gasteiger partial charge on any atom is 0.271 e. The summed E-state index contributed by atoms with van der Waals surface area (Å²) in [4.78, 5) is 21.9. The number of aromatic hydroxyl groups is 1. The molecule has 0 radical (unpaired) electrons. The van der Waals surface area contributed by atoms with E-state index in [4.69, 9.17) is 4.74 Å². The third-order valence-electron chi connectivity index (χ3n) is 3.03. The molecule has 2 rings (SSSR count). The van der Waals surface area contributed by atoms with Gasteiger partial charge in [0, 0.05) is 18.6 Å². The molecule has 0 fully saturated rings. The van der Waals surface area contributed by atoms with Crippen molar-refractivity contribution >= 4 is 17.3 Å².